The summed E-state index contributed by atoms with van der Waals surface area (Å²) in [6, 6.07) is 8.81. The van der Waals surface area contributed by atoms with E-state index in [9.17, 15) is 9.59 Å². The van der Waals surface area contributed by atoms with Gasteiger partial charge < -0.3 is 14.9 Å². The molecule has 6 nitrogen and oxygen atoms in total. The number of hydrogen-bond acceptors (Lipinski definition) is 4. The molecule has 0 radical (unpaired) electrons. The smallest absolute Gasteiger partial charge is 0.306 e. The summed E-state index contributed by atoms with van der Waals surface area (Å²) in [6.07, 6.45) is 2.34. The topological polar surface area (TPSA) is 92.4 Å². The third-order valence-corrected chi connectivity index (χ3v) is 4.33. The van der Waals surface area contributed by atoms with Crippen LogP contribution in [0.5, 0.6) is 0 Å². The van der Waals surface area contributed by atoms with Gasteiger partial charge in [0.25, 0.3) is 5.91 Å². The average Bonchev–Trinajstić information content (AvgIpc) is 3.07. The van der Waals surface area contributed by atoms with Gasteiger partial charge in [0.05, 0.1) is 11.6 Å². The maximum absolute atomic E-state index is 12.3. The van der Waals surface area contributed by atoms with Crippen molar-refractivity contribution in [2.24, 2.45) is 5.92 Å². The van der Waals surface area contributed by atoms with E-state index in [1.165, 1.54) is 0 Å². The van der Waals surface area contributed by atoms with Gasteiger partial charge in [-0.1, -0.05) is 38.1 Å². The molecule has 0 saturated heterocycles. The molecule has 0 aliphatic carbocycles. The molecule has 1 amide bonds. The van der Waals surface area contributed by atoms with Gasteiger partial charge in [0, 0.05) is 17.7 Å². The molecular weight excluding hydrogens is 320 g/mol. The summed E-state index contributed by atoms with van der Waals surface area (Å²) < 4.78 is 5.16. The third kappa shape index (κ3) is 4.92. The highest BCUT2D eigenvalue weighted by Gasteiger charge is 2.18. The summed E-state index contributed by atoms with van der Waals surface area (Å²) in [5.74, 6) is -1.14. The molecule has 2 N–H and O–H groups in total. The third-order valence-electron chi connectivity index (χ3n) is 4.33. The molecule has 1 heterocycles. The monoisotopic (exact) mass is 344 g/mol. The molecule has 134 valence electrons. The number of nitrogens with zero attached hydrogens (tertiary/aromatic N) is 1. The van der Waals surface area contributed by atoms with Gasteiger partial charge in [0.1, 0.15) is 0 Å². The zero-order chi connectivity index (χ0) is 18.4. The molecule has 25 heavy (non-hydrogen) atoms. The quantitative estimate of drug-likeness (QED) is 0.752. The van der Waals surface area contributed by atoms with Crippen LogP contribution in [0.15, 0.2) is 34.9 Å². The molecular formula is C19H24N2O4. The molecule has 1 aromatic carbocycles. The number of carboxylic acids is 1. The second kappa shape index (κ2) is 8.46. The van der Waals surface area contributed by atoms with Crippen LogP contribution in [0, 0.1) is 5.92 Å². The van der Waals surface area contributed by atoms with Crippen LogP contribution in [0.2, 0.25) is 0 Å². The summed E-state index contributed by atoms with van der Waals surface area (Å²) >= 11 is 0. The Morgan fingerprint density at radius 2 is 1.84 bits per heavy atom. The Labute approximate surface area is 147 Å². The minimum Gasteiger partial charge on any atom is -0.481 e. The molecule has 1 aromatic heterocycles. The molecule has 0 aliphatic rings. The predicted molar refractivity (Wildman–Crippen MR) is 94.7 cm³/mol. The van der Waals surface area contributed by atoms with Crippen LogP contribution in [0.25, 0.3) is 0 Å². The maximum Gasteiger partial charge on any atom is 0.306 e. The number of hydrogen-bond donors (Lipinski definition) is 2. The maximum atomic E-state index is 12.3. The van der Waals surface area contributed by atoms with Gasteiger partial charge in [-0.3, -0.25) is 9.59 Å². The zero-order valence-electron chi connectivity index (χ0n) is 14.8. The SMILES string of the molecule is CCC(CC)c1cc(C(=O)Nc2ccc(CC(C)C(=O)O)cc2)on1. The van der Waals surface area contributed by atoms with Crippen LogP contribution >= 0.6 is 0 Å². The van der Waals surface area contributed by atoms with Crippen LogP contribution < -0.4 is 5.32 Å². The number of nitrogens with one attached hydrogen (secondary N) is 1. The Morgan fingerprint density at radius 1 is 1.20 bits per heavy atom. The average molecular weight is 344 g/mol. The van der Waals surface area contributed by atoms with Gasteiger partial charge in [-0.05, 0) is 37.0 Å². The van der Waals surface area contributed by atoms with Crippen LogP contribution in [0.1, 0.15) is 61.3 Å². The lowest BCUT2D eigenvalue weighted by Gasteiger charge is -2.08. The second-order valence-electron chi connectivity index (χ2n) is 6.22. The van der Waals surface area contributed by atoms with Crippen molar-refractivity contribution in [3.05, 3.63) is 47.3 Å². The lowest BCUT2D eigenvalue weighted by molar-refractivity contribution is -0.141. The highest BCUT2D eigenvalue weighted by molar-refractivity contribution is 6.02. The first-order valence-electron chi connectivity index (χ1n) is 8.54. The molecule has 0 bridgehead atoms. The van der Waals surface area contributed by atoms with Crippen molar-refractivity contribution in [1.29, 1.82) is 0 Å². The fourth-order valence-corrected chi connectivity index (χ4v) is 2.65. The van der Waals surface area contributed by atoms with E-state index in [0.29, 0.717) is 18.0 Å². The number of carbonyl (C=O) groups is 2. The van der Waals surface area contributed by atoms with E-state index < -0.39 is 11.9 Å². The molecule has 6 heteroatoms. The summed E-state index contributed by atoms with van der Waals surface area (Å²) in [5, 5.41) is 15.7. The van der Waals surface area contributed by atoms with E-state index in [4.69, 9.17) is 9.63 Å². The molecule has 2 aromatic rings. The number of rotatable bonds is 8. The standard InChI is InChI=1S/C19H24N2O4/c1-4-14(5-2)16-11-17(25-21-16)18(22)20-15-8-6-13(7-9-15)10-12(3)19(23)24/h6-9,11-12,14H,4-5,10H2,1-3H3,(H,20,22)(H,23,24). The Balaban J connectivity index is 2.00. The zero-order valence-corrected chi connectivity index (χ0v) is 14.8. The van der Waals surface area contributed by atoms with E-state index >= 15 is 0 Å². The van der Waals surface area contributed by atoms with Gasteiger partial charge in [0.15, 0.2) is 0 Å². The molecule has 2 rings (SSSR count). The van der Waals surface area contributed by atoms with Crippen molar-refractivity contribution in [3.8, 4) is 0 Å². The number of anilines is 1. The lowest BCUT2D eigenvalue weighted by atomic mass is 9.99. The van der Waals surface area contributed by atoms with Crippen molar-refractivity contribution in [3.63, 3.8) is 0 Å². The molecule has 0 spiro atoms. The largest absolute Gasteiger partial charge is 0.481 e. The van der Waals surface area contributed by atoms with E-state index in [1.54, 1.807) is 25.1 Å². The Bertz CT molecular complexity index is 717. The first kappa shape index (κ1) is 18.7. The van der Waals surface area contributed by atoms with Crippen LogP contribution in [0.3, 0.4) is 0 Å². The minimum absolute atomic E-state index is 0.186. The summed E-state index contributed by atoms with van der Waals surface area (Å²) in [6.45, 7) is 5.82. The van der Waals surface area contributed by atoms with Crippen LogP contribution in [-0.2, 0) is 11.2 Å². The first-order valence-corrected chi connectivity index (χ1v) is 8.54. The van der Waals surface area contributed by atoms with Gasteiger partial charge >= 0.3 is 5.97 Å². The molecule has 0 saturated carbocycles. The molecule has 0 aliphatic heterocycles. The fourth-order valence-electron chi connectivity index (χ4n) is 2.65. The summed E-state index contributed by atoms with van der Waals surface area (Å²) in [7, 11) is 0. The Hall–Kier alpha value is -2.63. The highest BCUT2D eigenvalue weighted by Crippen LogP contribution is 2.23. The predicted octanol–water partition coefficient (Wildman–Crippen LogP) is 4.09. The number of aromatic nitrogens is 1. The Kier molecular flexibility index (Phi) is 6.33. The second-order valence-corrected chi connectivity index (χ2v) is 6.22. The number of aliphatic carboxylic acids is 1. The van der Waals surface area contributed by atoms with Crippen molar-refractivity contribution in [2.75, 3.05) is 5.32 Å². The normalized spacial score (nSPS) is 12.2. The number of amides is 1. The number of benzene rings is 1. The number of carboxylic acid groups (broad SMARTS) is 1. The van der Waals surface area contributed by atoms with Crippen molar-refractivity contribution >= 4 is 17.6 Å². The van der Waals surface area contributed by atoms with Crippen LogP contribution in [0.4, 0.5) is 5.69 Å². The first-order chi connectivity index (χ1) is 11.9. The van der Waals surface area contributed by atoms with Gasteiger partial charge in [-0.2, -0.15) is 0 Å². The Morgan fingerprint density at radius 3 is 2.40 bits per heavy atom. The van der Waals surface area contributed by atoms with Gasteiger partial charge in [0.2, 0.25) is 5.76 Å². The van der Waals surface area contributed by atoms with E-state index in [0.717, 1.165) is 24.1 Å². The van der Waals surface area contributed by atoms with Crippen LogP contribution in [-0.4, -0.2) is 22.1 Å². The van der Waals surface area contributed by atoms with Gasteiger partial charge in [-0.25, -0.2) is 0 Å². The summed E-state index contributed by atoms with van der Waals surface area (Å²) in [4.78, 5) is 23.1. The lowest BCUT2D eigenvalue weighted by Crippen LogP contribution is -2.13. The minimum atomic E-state index is -0.823. The summed E-state index contributed by atoms with van der Waals surface area (Å²) in [5.41, 5.74) is 2.33. The number of carbonyl (C=O) groups excluding carboxylic acids is 1. The van der Waals surface area contributed by atoms with E-state index in [1.807, 2.05) is 12.1 Å². The van der Waals surface area contributed by atoms with Crippen molar-refractivity contribution < 1.29 is 19.2 Å². The van der Waals surface area contributed by atoms with Gasteiger partial charge in [-0.15, -0.1) is 0 Å². The fraction of sp³-hybridized carbons (Fsp3) is 0.421. The van der Waals surface area contributed by atoms with E-state index in [2.05, 4.69) is 24.3 Å². The molecule has 1 unspecified atom stereocenters. The van der Waals surface area contributed by atoms with E-state index in [-0.39, 0.29) is 11.7 Å². The highest BCUT2D eigenvalue weighted by atomic mass is 16.5. The molecule has 0 fully saturated rings. The van der Waals surface area contributed by atoms with Crippen molar-refractivity contribution in [2.45, 2.75) is 46.0 Å². The molecule has 1 atom stereocenters. The van der Waals surface area contributed by atoms with Crippen molar-refractivity contribution in [1.82, 2.24) is 5.16 Å².